The van der Waals surface area contributed by atoms with Gasteiger partial charge in [0.05, 0.1) is 15.4 Å². The van der Waals surface area contributed by atoms with Gasteiger partial charge in [-0.05, 0) is 38.8 Å². The molecule has 2 unspecified atom stereocenters. The minimum atomic E-state index is -0.695. The molecule has 1 saturated carbocycles. The van der Waals surface area contributed by atoms with Gasteiger partial charge in [-0.3, -0.25) is 14.9 Å². The summed E-state index contributed by atoms with van der Waals surface area (Å²) >= 11 is 1.47. The summed E-state index contributed by atoms with van der Waals surface area (Å²) in [4.78, 5) is 23.1. The van der Waals surface area contributed by atoms with Gasteiger partial charge < -0.3 is 11.1 Å². The Kier molecular flexibility index (Phi) is 4.84. The van der Waals surface area contributed by atoms with Crippen LogP contribution in [0.2, 0.25) is 0 Å². The molecule has 1 amide bonds. The predicted molar refractivity (Wildman–Crippen MR) is 82.2 cm³/mol. The van der Waals surface area contributed by atoms with Crippen molar-refractivity contribution in [1.82, 2.24) is 5.32 Å². The maximum atomic E-state index is 11.7. The average Bonchev–Trinajstić information content (AvgIpc) is 2.47. The molecule has 21 heavy (non-hydrogen) atoms. The normalized spacial score (nSPS) is 25.5. The second-order valence-corrected chi connectivity index (χ2v) is 6.60. The minimum absolute atomic E-state index is 0.113. The molecule has 0 bridgehead atoms. The van der Waals surface area contributed by atoms with Crippen LogP contribution in [0.1, 0.15) is 25.7 Å². The van der Waals surface area contributed by atoms with Crippen molar-refractivity contribution >= 4 is 23.4 Å². The molecular formula is C14H19N3O3S. The van der Waals surface area contributed by atoms with E-state index in [1.807, 2.05) is 0 Å². The number of nitro groups is 1. The van der Waals surface area contributed by atoms with Crippen LogP contribution in [0.25, 0.3) is 0 Å². The minimum Gasteiger partial charge on any atom is -0.368 e. The summed E-state index contributed by atoms with van der Waals surface area (Å²) < 4.78 is 0. The Morgan fingerprint density at radius 1 is 1.52 bits per heavy atom. The van der Waals surface area contributed by atoms with E-state index in [-0.39, 0.29) is 21.8 Å². The number of carbonyl (C=O) groups is 1. The third kappa shape index (κ3) is 3.36. The summed E-state index contributed by atoms with van der Waals surface area (Å²) in [7, 11) is 1.74. The summed E-state index contributed by atoms with van der Waals surface area (Å²) in [5, 5.41) is 14.2. The lowest BCUT2D eigenvalue weighted by Crippen LogP contribution is -2.57. The number of likely N-dealkylation sites (N-methyl/N-ethyl adjacent to an activating group) is 1. The lowest BCUT2D eigenvalue weighted by Gasteiger charge is -2.38. The highest BCUT2D eigenvalue weighted by Crippen LogP contribution is 2.40. The maximum absolute atomic E-state index is 11.7. The molecule has 7 heteroatoms. The van der Waals surface area contributed by atoms with Gasteiger partial charge in [0.1, 0.15) is 0 Å². The zero-order valence-electron chi connectivity index (χ0n) is 11.9. The van der Waals surface area contributed by atoms with Crippen molar-refractivity contribution in [2.45, 2.75) is 41.4 Å². The summed E-state index contributed by atoms with van der Waals surface area (Å²) in [6.07, 6.45) is 3.11. The van der Waals surface area contributed by atoms with E-state index in [4.69, 9.17) is 5.73 Å². The molecule has 1 aliphatic rings. The molecule has 0 aromatic heterocycles. The molecule has 114 valence electrons. The zero-order chi connectivity index (χ0) is 15.5. The SMILES string of the molecule is CNC1(C(N)=O)CCCC(Sc2ccccc2[N+](=O)[O-])C1. The van der Waals surface area contributed by atoms with Gasteiger partial charge in [-0.2, -0.15) is 0 Å². The van der Waals surface area contributed by atoms with Gasteiger partial charge in [0.15, 0.2) is 0 Å². The molecule has 1 aromatic rings. The molecule has 0 saturated heterocycles. The van der Waals surface area contributed by atoms with Crippen LogP contribution in [0.3, 0.4) is 0 Å². The number of hydrogen-bond acceptors (Lipinski definition) is 5. The third-order valence-electron chi connectivity index (χ3n) is 4.01. The molecule has 2 rings (SSSR count). The number of hydrogen-bond donors (Lipinski definition) is 2. The van der Waals surface area contributed by atoms with E-state index in [2.05, 4.69) is 5.32 Å². The van der Waals surface area contributed by atoms with Gasteiger partial charge in [0, 0.05) is 11.3 Å². The zero-order valence-corrected chi connectivity index (χ0v) is 12.7. The smallest absolute Gasteiger partial charge is 0.282 e. The standard InChI is InChI=1S/C14H19N3O3S/c1-16-14(13(15)18)8-4-5-10(9-14)21-12-7-3-2-6-11(12)17(19)20/h2-3,6-7,10,16H,4-5,8-9H2,1H3,(H2,15,18). The van der Waals surface area contributed by atoms with Crippen molar-refractivity contribution in [1.29, 1.82) is 0 Å². The van der Waals surface area contributed by atoms with Gasteiger partial charge in [-0.1, -0.05) is 12.1 Å². The van der Waals surface area contributed by atoms with Crippen LogP contribution >= 0.6 is 11.8 Å². The van der Waals surface area contributed by atoms with E-state index in [1.165, 1.54) is 17.8 Å². The highest BCUT2D eigenvalue weighted by atomic mass is 32.2. The molecule has 6 nitrogen and oxygen atoms in total. The van der Waals surface area contributed by atoms with Gasteiger partial charge in [-0.15, -0.1) is 11.8 Å². The van der Waals surface area contributed by atoms with Crippen LogP contribution in [-0.2, 0) is 4.79 Å². The van der Waals surface area contributed by atoms with E-state index < -0.39 is 5.54 Å². The number of benzene rings is 1. The number of para-hydroxylation sites is 1. The van der Waals surface area contributed by atoms with E-state index in [1.54, 1.807) is 25.2 Å². The second-order valence-electron chi connectivity index (χ2n) is 5.26. The Bertz CT molecular complexity index is 552. The highest BCUT2D eigenvalue weighted by molar-refractivity contribution is 8.00. The van der Waals surface area contributed by atoms with Crippen molar-refractivity contribution in [2.75, 3.05) is 7.05 Å². The molecule has 0 spiro atoms. The van der Waals surface area contributed by atoms with E-state index in [0.717, 1.165) is 12.8 Å². The number of nitrogens with one attached hydrogen (secondary N) is 1. The van der Waals surface area contributed by atoms with Crippen LogP contribution in [0.15, 0.2) is 29.2 Å². The van der Waals surface area contributed by atoms with Crippen LogP contribution in [0.4, 0.5) is 5.69 Å². The molecule has 1 fully saturated rings. The first-order chi connectivity index (χ1) is 9.98. The maximum Gasteiger partial charge on any atom is 0.282 e. The Labute approximate surface area is 127 Å². The number of primary amides is 1. The van der Waals surface area contributed by atoms with E-state index >= 15 is 0 Å². The lowest BCUT2D eigenvalue weighted by molar-refractivity contribution is -0.387. The molecule has 0 radical (unpaired) electrons. The first kappa shape index (κ1) is 15.8. The first-order valence-electron chi connectivity index (χ1n) is 6.87. The number of nitrogens with two attached hydrogens (primary N) is 1. The van der Waals surface area contributed by atoms with Crippen molar-refractivity contribution in [3.8, 4) is 0 Å². The van der Waals surface area contributed by atoms with Crippen molar-refractivity contribution < 1.29 is 9.72 Å². The Hall–Kier alpha value is -1.60. The Balaban J connectivity index is 2.17. The summed E-state index contributed by atoms with van der Waals surface area (Å²) in [5.74, 6) is -0.349. The quantitative estimate of drug-likeness (QED) is 0.641. The monoisotopic (exact) mass is 309 g/mol. The third-order valence-corrected chi connectivity index (χ3v) is 5.35. The number of nitro benzene ring substituents is 1. The number of rotatable bonds is 5. The van der Waals surface area contributed by atoms with Crippen molar-refractivity contribution in [3.63, 3.8) is 0 Å². The number of carbonyl (C=O) groups excluding carboxylic acids is 1. The fraction of sp³-hybridized carbons (Fsp3) is 0.500. The van der Waals surface area contributed by atoms with Gasteiger partial charge in [0.25, 0.3) is 5.69 Å². The van der Waals surface area contributed by atoms with Gasteiger partial charge in [-0.25, -0.2) is 0 Å². The Morgan fingerprint density at radius 3 is 2.86 bits per heavy atom. The fourth-order valence-electron chi connectivity index (χ4n) is 2.79. The second kappa shape index (κ2) is 6.44. The van der Waals surface area contributed by atoms with Crippen molar-refractivity contribution in [2.24, 2.45) is 5.73 Å². The molecule has 1 aromatic carbocycles. The molecule has 3 N–H and O–H groups in total. The molecule has 2 atom stereocenters. The largest absolute Gasteiger partial charge is 0.368 e. The number of amides is 1. The van der Waals surface area contributed by atoms with Crippen molar-refractivity contribution in [3.05, 3.63) is 34.4 Å². The highest BCUT2D eigenvalue weighted by Gasteiger charge is 2.40. The summed E-state index contributed by atoms with van der Waals surface area (Å²) in [6, 6.07) is 6.70. The first-order valence-corrected chi connectivity index (χ1v) is 7.75. The van der Waals surface area contributed by atoms with Crippen LogP contribution in [0.5, 0.6) is 0 Å². The average molecular weight is 309 g/mol. The summed E-state index contributed by atoms with van der Waals surface area (Å²) in [5.41, 5.74) is 4.95. The van der Waals surface area contributed by atoms with Crippen LogP contribution in [0, 0.1) is 10.1 Å². The molecule has 0 aliphatic heterocycles. The molecular weight excluding hydrogens is 290 g/mol. The van der Waals surface area contributed by atoms with E-state index in [9.17, 15) is 14.9 Å². The van der Waals surface area contributed by atoms with Crippen LogP contribution < -0.4 is 11.1 Å². The molecule has 1 aliphatic carbocycles. The topological polar surface area (TPSA) is 98.3 Å². The predicted octanol–water partition coefficient (Wildman–Crippen LogP) is 2.07. The van der Waals surface area contributed by atoms with Crippen LogP contribution in [-0.4, -0.2) is 28.7 Å². The lowest BCUT2D eigenvalue weighted by atomic mass is 9.81. The van der Waals surface area contributed by atoms with Gasteiger partial charge >= 0.3 is 0 Å². The van der Waals surface area contributed by atoms with Gasteiger partial charge in [0.2, 0.25) is 5.91 Å². The summed E-state index contributed by atoms with van der Waals surface area (Å²) in [6.45, 7) is 0. The number of thioether (sulfide) groups is 1. The Morgan fingerprint density at radius 2 is 2.24 bits per heavy atom. The van der Waals surface area contributed by atoms with E-state index in [0.29, 0.717) is 17.7 Å². The fourth-order valence-corrected chi connectivity index (χ4v) is 4.22. The number of nitrogens with zero attached hydrogens (tertiary/aromatic N) is 1. The molecule has 0 heterocycles.